The number of likely N-dealkylation sites (tertiary alicyclic amines) is 1. The molecule has 1 aliphatic rings. The van der Waals surface area contributed by atoms with E-state index in [9.17, 15) is 14.7 Å². The van der Waals surface area contributed by atoms with Crippen molar-refractivity contribution in [3.63, 3.8) is 0 Å². The number of benzene rings is 1. The second kappa shape index (κ2) is 6.74. The molecule has 0 spiro atoms. The van der Waals surface area contributed by atoms with Gasteiger partial charge in [0.1, 0.15) is 6.04 Å². The summed E-state index contributed by atoms with van der Waals surface area (Å²) in [4.78, 5) is 25.3. The number of rotatable bonds is 5. The lowest BCUT2D eigenvalue weighted by molar-refractivity contribution is -0.148. The van der Waals surface area contributed by atoms with Gasteiger partial charge in [-0.05, 0) is 30.2 Å². The Morgan fingerprint density at radius 3 is 2.52 bits per heavy atom. The maximum absolute atomic E-state index is 12.5. The molecule has 0 aliphatic carbocycles. The Morgan fingerprint density at radius 1 is 1.29 bits per heavy atom. The normalized spacial score (nSPS) is 19.8. The second-order valence-corrected chi connectivity index (χ2v) is 6.05. The molecular weight excluding hydrogens is 266 g/mol. The summed E-state index contributed by atoms with van der Waals surface area (Å²) in [6.45, 7) is 4.77. The highest BCUT2D eigenvalue weighted by molar-refractivity contribution is 5.84. The molecular formula is C17H23NO3. The summed E-state index contributed by atoms with van der Waals surface area (Å²) in [5, 5.41) is 9.20. The highest BCUT2D eigenvalue weighted by Gasteiger charge is 2.35. The zero-order valence-electron chi connectivity index (χ0n) is 12.7. The highest BCUT2D eigenvalue weighted by atomic mass is 16.4. The maximum atomic E-state index is 12.5. The smallest absolute Gasteiger partial charge is 0.326 e. The number of carboxylic acid groups (broad SMARTS) is 1. The fourth-order valence-corrected chi connectivity index (χ4v) is 3.07. The molecule has 4 heteroatoms. The van der Waals surface area contributed by atoms with Crippen molar-refractivity contribution in [1.29, 1.82) is 0 Å². The van der Waals surface area contributed by atoms with E-state index in [-0.39, 0.29) is 11.8 Å². The molecule has 1 unspecified atom stereocenters. The van der Waals surface area contributed by atoms with Crippen LogP contribution in [0.1, 0.15) is 44.6 Å². The summed E-state index contributed by atoms with van der Waals surface area (Å²) in [5.41, 5.74) is 1.15. The first-order chi connectivity index (χ1) is 10.0. The van der Waals surface area contributed by atoms with Crippen LogP contribution in [0, 0.1) is 5.92 Å². The molecule has 114 valence electrons. The van der Waals surface area contributed by atoms with Gasteiger partial charge in [0.25, 0.3) is 0 Å². The van der Waals surface area contributed by atoms with Crippen LogP contribution >= 0.6 is 0 Å². The molecule has 2 atom stereocenters. The van der Waals surface area contributed by atoms with Gasteiger partial charge < -0.3 is 10.0 Å². The van der Waals surface area contributed by atoms with Crippen molar-refractivity contribution >= 4 is 11.9 Å². The summed E-state index contributed by atoms with van der Waals surface area (Å²) >= 11 is 0. The molecule has 2 rings (SSSR count). The topological polar surface area (TPSA) is 57.6 Å². The molecule has 0 aromatic heterocycles. The van der Waals surface area contributed by atoms with Crippen LogP contribution in [0.2, 0.25) is 0 Å². The molecule has 1 aliphatic heterocycles. The van der Waals surface area contributed by atoms with Crippen molar-refractivity contribution in [2.45, 2.75) is 45.1 Å². The third kappa shape index (κ3) is 3.63. The van der Waals surface area contributed by atoms with Gasteiger partial charge >= 0.3 is 5.97 Å². The van der Waals surface area contributed by atoms with Crippen molar-refractivity contribution in [1.82, 2.24) is 4.90 Å². The highest BCUT2D eigenvalue weighted by Crippen LogP contribution is 2.30. The van der Waals surface area contributed by atoms with E-state index >= 15 is 0 Å². The Hall–Kier alpha value is -1.84. The zero-order valence-corrected chi connectivity index (χ0v) is 12.7. The predicted molar refractivity (Wildman–Crippen MR) is 81.0 cm³/mol. The zero-order chi connectivity index (χ0) is 15.4. The summed E-state index contributed by atoms with van der Waals surface area (Å²) in [5.74, 6) is -0.458. The van der Waals surface area contributed by atoms with Gasteiger partial charge in [0, 0.05) is 13.0 Å². The lowest BCUT2D eigenvalue weighted by Gasteiger charge is -2.26. The van der Waals surface area contributed by atoms with Gasteiger partial charge in [0.15, 0.2) is 0 Å². The quantitative estimate of drug-likeness (QED) is 0.906. The average molecular weight is 289 g/mol. The molecule has 4 nitrogen and oxygen atoms in total. The molecule has 1 amide bonds. The van der Waals surface area contributed by atoms with Crippen LogP contribution in [0.25, 0.3) is 0 Å². The van der Waals surface area contributed by atoms with Gasteiger partial charge in [-0.1, -0.05) is 44.2 Å². The van der Waals surface area contributed by atoms with E-state index in [0.29, 0.717) is 25.3 Å². The monoisotopic (exact) mass is 289 g/mol. The van der Waals surface area contributed by atoms with Crippen LogP contribution in [0.4, 0.5) is 0 Å². The second-order valence-electron chi connectivity index (χ2n) is 6.05. The van der Waals surface area contributed by atoms with Crippen molar-refractivity contribution in [2.75, 3.05) is 6.54 Å². The standard InChI is InChI=1S/C17H23NO3/c1-12(2)14(13-7-4-3-5-8-13)11-16(19)18-10-6-9-15(18)17(20)21/h3-5,7-8,12,14-15H,6,9-11H2,1-2H3,(H,20,21)/t14?,15-/m1/s1. The van der Waals surface area contributed by atoms with Crippen molar-refractivity contribution < 1.29 is 14.7 Å². The summed E-state index contributed by atoms with van der Waals surface area (Å²) in [7, 11) is 0. The minimum absolute atomic E-state index is 0.0394. The lowest BCUT2D eigenvalue weighted by atomic mass is 9.85. The minimum atomic E-state index is -0.887. The lowest BCUT2D eigenvalue weighted by Crippen LogP contribution is -2.41. The first kappa shape index (κ1) is 15.5. The summed E-state index contributed by atoms with van der Waals surface area (Å²) < 4.78 is 0. The number of carbonyl (C=O) groups excluding carboxylic acids is 1. The Labute approximate surface area is 125 Å². The molecule has 1 aromatic rings. The van der Waals surface area contributed by atoms with Crippen LogP contribution in [-0.4, -0.2) is 34.5 Å². The number of amides is 1. The molecule has 21 heavy (non-hydrogen) atoms. The van der Waals surface area contributed by atoms with Crippen molar-refractivity contribution in [3.8, 4) is 0 Å². The van der Waals surface area contributed by atoms with Crippen LogP contribution in [-0.2, 0) is 9.59 Å². The van der Waals surface area contributed by atoms with E-state index in [0.717, 1.165) is 12.0 Å². The molecule has 0 radical (unpaired) electrons. The number of nitrogens with zero attached hydrogens (tertiary/aromatic N) is 1. The van der Waals surface area contributed by atoms with Crippen LogP contribution in [0.15, 0.2) is 30.3 Å². The third-order valence-corrected chi connectivity index (χ3v) is 4.29. The molecule has 1 saturated heterocycles. The van der Waals surface area contributed by atoms with Crippen molar-refractivity contribution in [3.05, 3.63) is 35.9 Å². The Kier molecular flexibility index (Phi) is 4.99. The van der Waals surface area contributed by atoms with Gasteiger partial charge in [0.2, 0.25) is 5.91 Å². The van der Waals surface area contributed by atoms with Crippen LogP contribution in [0.3, 0.4) is 0 Å². The minimum Gasteiger partial charge on any atom is -0.480 e. The van der Waals surface area contributed by atoms with E-state index in [1.54, 1.807) is 4.90 Å². The van der Waals surface area contributed by atoms with E-state index in [2.05, 4.69) is 13.8 Å². The van der Waals surface area contributed by atoms with E-state index in [1.807, 2.05) is 30.3 Å². The maximum Gasteiger partial charge on any atom is 0.326 e. The molecule has 1 N–H and O–H groups in total. The molecule has 0 saturated carbocycles. The van der Waals surface area contributed by atoms with Gasteiger partial charge in [0.05, 0.1) is 0 Å². The van der Waals surface area contributed by atoms with Gasteiger partial charge in [-0.25, -0.2) is 4.79 Å². The summed E-state index contributed by atoms with van der Waals surface area (Å²) in [6, 6.07) is 9.36. The average Bonchev–Trinajstić information content (AvgIpc) is 2.94. The van der Waals surface area contributed by atoms with Gasteiger partial charge in [-0.3, -0.25) is 4.79 Å². The Bertz CT molecular complexity index is 498. The first-order valence-corrected chi connectivity index (χ1v) is 7.58. The van der Waals surface area contributed by atoms with E-state index < -0.39 is 12.0 Å². The van der Waals surface area contributed by atoms with Gasteiger partial charge in [-0.15, -0.1) is 0 Å². The number of hydrogen-bond donors (Lipinski definition) is 1. The Morgan fingerprint density at radius 2 is 1.95 bits per heavy atom. The SMILES string of the molecule is CC(C)C(CC(=O)N1CCC[C@@H]1C(=O)O)c1ccccc1. The van der Waals surface area contributed by atoms with Crippen LogP contribution in [0.5, 0.6) is 0 Å². The number of aliphatic carboxylic acids is 1. The van der Waals surface area contributed by atoms with Crippen LogP contribution < -0.4 is 0 Å². The molecule has 1 aromatic carbocycles. The third-order valence-electron chi connectivity index (χ3n) is 4.29. The van der Waals surface area contributed by atoms with Gasteiger partial charge in [-0.2, -0.15) is 0 Å². The first-order valence-electron chi connectivity index (χ1n) is 7.58. The van der Waals surface area contributed by atoms with Crippen molar-refractivity contribution in [2.24, 2.45) is 5.92 Å². The number of carbonyl (C=O) groups is 2. The fourth-order valence-electron chi connectivity index (χ4n) is 3.07. The number of carboxylic acids is 1. The van der Waals surface area contributed by atoms with E-state index in [1.165, 1.54) is 0 Å². The molecule has 1 heterocycles. The van der Waals surface area contributed by atoms with E-state index in [4.69, 9.17) is 0 Å². The number of hydrogen-bond acceptors (Lipinski definition) is 2. The molecule has 0 bridgehead atoms. The fraction of sp³-hybridized carbons (Fsp3) is 0.529. The summed E-state index contributed by atoms with van der Waals surface area (Å²) in [6.07, 6.45) is 1.73. The predicted octanol–water partition coefficient (Wildman–Crippen LogP) is 2.89. The molecule has 1 fully saturated rings. The largest absolute Gasteiger partial charge is 0.480 e. The Balaban J connectivity index is 2.10.